The van der Waals surface area contributed by atoms with Gasteiger partial charge in [0.1, 0.15) is 0 Å². The van der Waals surface area contributed by atoms with E-state index in [0.29, 0.717) is 21.9 Å². The summed E-state index contributed by atoms with van der Waals surface area (Å²) < 4.78 is 0.347. The fourth-order valence-electron chi connectivity index (χ4n) is 2.28. The molecule has 0 aromatic heterocycles. The first kappa shape index (κ1) is 14.7. The molecule has 0 bridgehead atoms. The normalized spacial score (nSPS) is 22.6. The smallest absolute Gasteiger partial charge is 0.248 e. The highest BCUT2D eigenvalue weighted by molar-refractivity contribution is 8.00. The lowest BCUT2D eigenvalue weighted by atomic mass is 10.1. The second-order valence-corrected chi connectivity index (χ2v) is 7.27. The number of thioether (sulfide) groups is 1. The molecule has 1 atom stereocenters. The number of nitrogens with two attached hydrogens (primary N) is 1. The third kappa shape index (κ3) is 3.88. The highest BCUT2D eigenvalue weighted by atomic mass is 35.5. The van der Waals surface area contributed by atoms with Crippen molar-refractivity contribution in [2.24, 2.45) is 5.73 Å². The van der Waals surface area contributed by atoms with Gasteiger partial charge < -0.3 is 11.1 Å². The van der Waals surface area contributed by atoms with E-state index in [1.54, 1.807) is 12.1 Å². The maximum absolute atomic E-state index is 11.0. The Bertz CT molecular complexity index is 473. The molecule has 1 aliphatic heterocycles. The molecular weight excluding hydrogens is 280 g/mol. The van der Waals surface area contributed by atoms with Gasteiger partial charge in [-0.1, -0.05) is 17.7 Å². The SMILES string of the molecule is CC1(CNCc2ccc(C(N)=O)cc2Cl)CCCS1. The summed E-state index contributed by atoms with van der Waals surface area (Å²) in [7, 11) is 0. The second kappa shape index (κ2) is 6.16. The van der Waals surface area contributed by atoms with Crippen LogP contribution in [-0.2, 0) is 6.54 Å². The predicted molar refractivity (Wildman–Crippen MR) is 81.8 cm³/mol. The molecule has 19 heavy (non-hydrogen) atoms. The standard InChI is InChI=1S/C14H19ClN2OS/c1-14(5-2-6-19-14)9-17-8-11-4-3-10(13(16)18)7-12(11)15/h3-4,7,17H,2,5-6,8-9H2,1H3,(H2,16,18). The van der Waals surface area contributed by atoms with E-state index in [4.69, 9.17) is 17.3 Å². The Morgan fingerprint density at radius 3 is 2.95 bits per heavy atom. The lowest BCUT2D eigenvalue weighted by Gasteiger charge is -2.23. The predicted octanol–water partition coefficient (Wildman–Crippen LogP) is 2.81. The Balaban J connectivity index is 1.91. The molecule has 1 aromatic carbocycles. The Morgan fingerprint density at radius 2 is 2.37 bits per heavy atom. The molecule has 1 fully saturated rings. The summed E-state index contributed by atoms with van der Waals surface area (Å²) in [5.74, 6) is 0.808. The molecule has 2 rings (SSSR count). The number of hydrogen-bond acceptors (Lipinski definition) is 3. The van der Waals surface area contributed by atoms with Crippen molar-refractivity contribution < 1.29 is 4.79 Å². The summed E-state index contributed by atoms with van der Waals surface area (Å²) in [5, 5.41) is 4.04. The largest absolute Gasteiger partial charge is 0.366 e. The molecule has 104 valence electrons. The fourth-order valence-corrected chi connectivity index (χ4v) is 3.80. The first-order valence-corrected chi connectivity index (χ1v) is 7.79. The van der Waals surface area contributed by atoms with Crippen LogP contribution in [0.15, 0.2) is 18.2 Å². The number of carbonyl (C=O) groups is 1. The van der Waals surface area contributed by atoms with E-state index in [2.05, 4.69) is 12.2 Å². The molecule has 0 spiro atoms. The van der Waals surface area contributed by atoms with E-state index in [9.17, 15) is 4.79 Å². The van der Waals surface area contributed by atoms with Crippen molar-refractivity contribution in [1.29, 1.82) is 0 Å². The maximum Gasteiger partial charge on any atom is 0.248 e. The zero-order valence-electron chi connectivity index (χ0n) is 11.0. The minimum atomic E-state index is -0.448. The molecule has 0 aliphatic carbocycles. The van der Waals surface area contributed by atoms with Crippen LogP contribution in [0.1, 0.15) is 35.7 Å². The van der Waals surface area contributed by atoms with Crippen LogP contribution in [0, 0.1) is 0 Å². The van der Waals surface area contributed by atoms with Crippen molar-refractivity contribution in [3.8, 4) is 0 Å². The minimum absolute atomic E-state index is 0.347. The number of primary amides is 1. The zero-order valence-corrected chi connectivity index (χ0v) is 12.6. The summed E-state index contributed by atoms with van der Waals surface area (Å²) in [5.41, 5.74) is 6.67. The quantitative estimate of drug-likeness (QED) is 0.879. The molecule has 1 aliphatic rings. The topological polar surface area (TPSA) is 55.1 Å². The highest BCUT2D eigenvalue weighted by Crippen LogP contribution is 2.37. The van der Waals surface area contributed by atoms with Gasteiger partial charge in [-0.05, 0) is 43.2 Å². The van der Waals surface area contributed by atoms with Crippen LogP contribution in [0.2, 0.25) is 5.02 Å². The van der Waals surface area contributed by atoms with Gasteiger partial charge in [0.25, 0.3) is 0 Å². The lowest BCUT2D eigenvalue weighted by Crippen LogP contribution is -2.32. The zero-order chi connectivity index (χ0) is 13.9. The lowest BCUT2D eigenvalue weighted by molar-refractivity contribution is 0.100. The number of amides is 1. The summed E-state index contributed by atoms with van der Waals surface area (Å²) in [6.07, 6.45) is 2.57. The summed E-state index contributed by atoms with van der Waals surface area (Å²) >= 11 is 8.18. The third-order valence-corrected chi connectivity index (χ3v) is 5.34. The molecule has 5 heteroatoms. The molecule has 1 unspecified atom stereocenters. The fraction of sp³-hybridized carbons (Fsp3) is 0.500. The molecule has 1 saturated heterocycles. The molecule has 3 N–H and O–H groups in total. The minimum Gasteiger partial charge on any atom is -0.366 e. The van der Waals surface area contributed by atoms with Gasteiger partial charge in [-0.3, -0.25) is 4.79 Å². The van der Waals surface area contributed by atoms with Crippen molar-refractivity contribution in [3.05, 3.63) is 34.3 Å². The van der Waals surface area contributed by atoms with Crippen LogP contribution < -0.4 is 11.1 Å². The monoisotopic (exact) mass is 298 g/mol. The van der Waals surface area contributed by atoms with E-state index in [1.807, 2.05) is 17.8 Å². The van der Waals surface area contributed by atoms with Crippen molar-refractivity contribution in [2.45, 2.75) is 31.1 Å². The van der Waals surface area contributed by atoms with Gasteiger partial charge in [-0.25, -0.2) is 0 Å². The van der Waals surface area contributed by atoms with E-state index in [0.717, 1.165) is 12.1 Å². The Hall–Kier alpha value is -0.710. The number of rotatable bonds is 5. The van der Waals surface area contributed by atoms with Gasteiger partial charge in [-0.2, -0.15) is 11.8 Å². The third-order valence-electron chi connectivity index (χ3n) is 3.45. The van der Waals surface area contributed by atoms with Crippen LogP contribution >= 0.6 is 23.4 Å². The molecule has 0 radical (unpaired) electrons. The van der Waals surface area contributed by atoms with E-state index in [1.165, 1.54) is 18.6 Å². The Morgan fingerprint density at radius 1 is 1.58 bits per heavy atom. The van der Waals surface area contributed by atoms with E-state index in [-0.39, 0.29) is 0 Å². The van der Waals surface area contributed by atoms with Gasteiger partial charge in [0.05, 0.1) is 0 Å². The Labute approximate surface area is 123 Å². The van der Waals surface area contributed by atoms with Gasteiger partial charge in [-0.15, -0.1) is 0 Å². The highest BCUT2D eigenvalue weighted by Gasteiger charge is 2.28. The number of hydrogen-bond donors (Lipinski definition) is 2. The van der Waals surface area contributed by atoms with E-state index >= 15 is 0 Å². The van der Waals surface area contributed by atoms with Crippen molar-refractivity contribution in [2.75, 3.05) is 12.3 Å². The average Bonchev–Trinajstić information content (AvgIpc) is 2.78. The maximum atomic E-state index is 11.0. The first-order valence-electron chi connectivity index (χ1n) is 6.43. The van der Waals surface area contributed by atoms with Gasteiger partial charge in [0, 0.05) is 28.4 Å². The Kier molecular flexibility index (Phi) is 4.76. The van der Waals surface area contributed by atoms with Gasteiger partial charge >= 0.3 is 0 Å². The van der Waals surface area contributed by atoms with Crippen LogP contribution in [0.25, 0.3) is 0 Å². The average molecular weight is 299 g/mol. The molecular formula is C14H19ClN2OS. The van der Waals surface area contributed by atoms with Crippen LogP contribution in [-0.4, -0.2) is 23.0 Å². The first-order chi connectivity index (χ1) is 9.00. The summed E-state index contributed by atoms with van der Waals surface area (Å²) in [6.45, 7) is 4.00. The van der Waals surface area contributed by atoms with Gasteiger partial charge in [0.2, 0.25) is 5.91 Å². The van der Waals surface area contributed by atoms with Crippen molar-refractivity contribution in [3.63, 3.8) is 0 Å². The van der Waals surface area contributed by atoms with Crippen LogP contribution in [0.4, 0.5) is 0 Å². The number of carbonyl (C=O) groups excluding carboxylic acids is 1. The van der Waals surface area contributed by atoms with Crippen LogP contribution in [0.3, 0.4) is 0 Å². The van der Waals surface area contributed by atoms with Gasteiger partial charge in [0.15, 0.2) is 0 Å². The molecule has 0 saturated carbocycles. The number of halogens is 1. The molecule has 1 amide bonds. The summed E-state index contributed by atoms with van der Waals surface area (Å²) in [6, 6.07) is 5.21. The number of benzene rings is 1. The summed E-state index contributed by atoms with van der Waals surface area (Å²) in [4.78, 5) is 11.0. The van der Waals surface area contributed by atoms with Crippen molar-refractivity contribution >= 4 is 29.3 Å². The molecule has 1 aromatic rings. The second-order valence-electron chi connectivity index (χ2n) is 5.18. The molecule has 3 nitrogen and oxygen atoms in total. The molecule has 1 heterocycles. The van der Waals surface area contributed by atoms with Crippen molar-refractivity contribution in [1.82, 2.24) is 5.32 Å². The van der Waals surface area contributed by atoms with Crippen LogP contribution in [0.5, 0.6) is 0 Å². The van der Waals surface area contributed by atoms with E-state index < -0.39 is 5.91 Å². The number of nitrogens with one attached hydrogen (secondary N) is 1.